The number of fused-ring (bicyclic) bond motifs is 1. The molecule has 0 radical (unpaired) electrons. The van der Waals surface area contributed by atoms with E-state index in [2.05, 4.69) is 23.2 Å². The highest BCUT2D eigenvalue weighted by Gasteiger charge is 2.33. The summed E-state index contributed by atoms with van der Waals surface area (Å²) in [5, 5.41) is 0. The maximum atomic E-state index is 12.9. The molecule has 0 unspecified atom stereocenters. The maximum Gasteiger partial charge on any atom is 0.230 e. The summed E-state index contributed by atoms with van der Waals surface area (Å²) < 4.78 is 5.99. The molecule has 2 aromatic rings. The molecule has 1 atom stereocenters. The topological polar surface area (TPSA) is 42.4 Å². The van der Waals surface area contributed by atoms with Crippen molar-refractivity contribution in [1.29, 1.82) is 0 Å². The van der Waals surface area contributed by atoms with Crippen LogP contribution in [0, 0.1) is 0 Å². The number of rotatable bonds is 3. The third kappa shape index (κ3) is 3.01. The lowest BCUT2D eigenvalue weighted by molar-refractivity contribution is -0.134. The van der Waals surface area contributed by atoms with Gasteiger partial charge in [0, 0.05) is 38.3 Å². The van der Waals surface area contributed by atoms with Gasteiger partial charge in [-0.25, -0.2) is 0 Å². The number of benzene rings is 1. The van der Waals surface area contributed by atoms with E-state index in [9.17, 15) is 4.79 Å². The van der Waals surface area contributed by atoms with Crippen LogP contribution < -0.4 is 4.74 Å². The third-order valence-electron chi connectivity index (χ3n) is 5.14. The van der Waals surface area contributed by atoms with E-state index in [-0.39, 0.29) is 12.0 Å². The smallest absolute Gasteiger partial charge is 0.230 e. The first-order chi connectivity index (χ1) is 11.8. The molecule has 2 heterocycles. The molecule has 1 fully saturated rings. The Kier molecular flexibility index (Phi) is 4.20. The molecule has 0 N–H and O–H groups in total. The molecule has 1 amide bonds. The minimum Gasteiger partial charge on any atom is -0.490 e. The molecule has 0 bridgehead atoms. The van der Waals surface area contributed by atoms with Crippen molar-refractivity contribution in [1.82, 2.24) is 9.88 Å². The molecule has 1 aromatic heterocycles. The lowest BCUT2D eigenvalue weighted by atomic mass is 9.98. The van der Waals surface area contributed by atoms with Crippen molar-refractivity contribution in [2.75, 3.05) is 13.1 Å². The molecule has 2 aliphatic rings. The summed E-state index contributed by atoms with van der Waals surface area (Å²) >= 11 is 0. The predicted molar refractivity (Wildman–Crippen MR) is 92.0 cm³/mol. The number of carbonyl (C=O) groups is 1. The predicted octanol–water partition coefficient (Wildman–Crippen LogP) is 3.18. The molecule has 0 saturated carbocycles. The number of carbonyl (C=O) groups excluding carboxylic acids is 1. The molecular weight excluding hydrogens is 300 g/mol. The van der Waals surface area contributed by atoms with Gasteiger partial charge in [0.2, 0.25) is 5.91 Å². The number of ether oxygens (including phenoxy) is 1. The van der Waals surface area contributed by atoms with Crippen molar-refractivity contribution in [3.8, 4) is 5.75 Å². The van der Waals surface area contributed by atoms with E-state index < -0.39 is 0 Å². The van der Waals surface area contributed by atoms with Crippen LogP contribution >= 0.6 is 0 Å². The zero-order valence-electron chi connectivity index (χ0n) is 13.7. The zero-order chi connectivity index (χ0) is 16.4. The summed E-state index contributed by atoms with van der Waals surface area (Å²) in [5.41, 5.74) is 2.57. The number of hydrogen-bond acceptors (Lipinski definition) is 3. The molecular formula is C20H22N2O2. The Balaban J connectivity index is 1.35. The van der Waals surface area contributed by atoms with Gasteiger partial charge in [-0.1, -0.05) is 24.3 Å². The molecule has 4 rings (SSSR count). The van der Waals surface area contributed by atoms with Gasteiger partial charge in [0.25, 0.3) is 0 Å². The van der Waals surface area contributed by atoms with Crippen LogP contribution in [0.4, 0.5) is 0 Å². The monoisotopic (exact) mass is 322 g/mol. The first kappa shape index (κ1) is 15.2. The van der Waals surface area contributed by atoms with E-state index in [1.807, 2.05) is 23.1 Å². The van der Waals surface area contributed by atoms with E-state index in [0.29, 0.717) is 5.91 Å². The fraction of sp³-hybridized carbons (Fsp3) is 0.400. The van der Waals surface area contributed by atoms with Crippen molar-refractivity contribution >= 4 is 5.91 Å². The summed E-state index contributed by atoms with van der Waals surface area (Å²) in [6, 6.07) is 12.1. The summed E-state index contributed by atoms with van der Waals surface area (Å²) in [4.78, 5) is 18.9. The van der Waals surface area contributed by atoms with Crippen LogP contribution in [0.25, 0.3) is 0 Å². The standard InChI is InChI=1S/C20H22N2O2/c23-20(19-6-5-15-3-1-2-4-18(15)19)22-13-9-17(10-14-22)24-16-7-11-21-12-8-16/h1-4,7-8,11-12,17,19H,5-6,9-10,13-14H2/t19-/m1/s1. The van der Waals surface area contributed by atoms with Crippen LogP contribution in [0.5, 0.6) is 5.75 Å². The summed E-state index contributed by atoms with van der Waals surface area (Å²) in [6.45, 7) is 1.57. The zero-order valence-corrected chi connectivity index (χ0v) is 13.7. The fourth-order valence-electron chi connectivity index (χ4n) is 3.84. The normalized spacial score (nSPS) is 20.7. The van der Waals surface area contributed by atoms with Gasteiger partial charge in [-0.15, -0.1) is 0 Å². The van der Waals surface area contributed by atoms with Crippen LogP contribution in [0.1, 0.15) is 36.3 Å². The van der Waals surface area contributed by atoms with Gasteiger partial charge in [-0.2, -0.15) is 0 Å². The fourth-order valence-corrected chi connectivity index (χ4v) is 3.84. The van der Waals surface area contributed by atoms with Crippen molar-refractivity contribution in [3.05, 3.63) is 59.9 Å². The lowest BCUT2D eigenvalue weighted by Crippen LogP contribution is -2.43. The number of amides is 1. The Morgan fingerprint density at radius 3 is 2.58 bits per heavy atom. The molecule has 124 valence electrons. The van der Waals surface area contributed by atoms with Crippen LogP contribution in [-0.2, 0) is 11.2 Å². The van der Waals surface area contributed by atoms with E-state index in [4.69, 9.17) is 4.74 Å². The average molecular weight is 322 g/mol. The average Bonchev–Trinajstić information content (AvgIpc) is 3.07. The Bertz CT molecular complexity index is 709. The number of pyridine rings is 1. The first-order valence-electron chi connectivity index (χ1n) is 8.74. The van der Waals surface area contributed by atoms with Gasteiger partial charge in [0.1, 0.15) is 11.9 Å². The highest BCUT2D eigenvalue weighted by molar-refractivity contribution is 5.85. The quantitative estimate of drug-likeness (QED) is 0.871. The maximum absolute atomic E-state index is 12.9. The number of aromatic nitrogens is 1. The molecule has 1 aromatic carbocycles. The van der Waals surface area contributed by atoms with E-state index in [1.165, 1.54) is 11.1 Å². The van der Waals surface area contributed by atoms with E-state index in [1.54, 1.807) is 12.4 Å². The van der Waals surface area contributed by atoms with Gasteiger partial charge < -0.3 is 9.64 Å². The van der Waals surface area contributed by atoms with Crippen molar-refractivity contribution in [3.63, 3.8) is 0 Å². The van der Waals surface area contributed by atoms with Crippen molar-refractivity contribution in [2.24, 2.45) is 0 Å². The van der Waals surface area contributed by atoms with E-state index >= 15 is 0 Å². The Hall–Kier alpha value is -2.36. The first-order valence-corrected chi connectivity index (χ1v) is 8.74. The lowest BCUT2D eigenvalue weighted by Gasteiger charge is -2.33. The summed E-state index contributed by atoms with van der Waals surface area (Å²) in [7, 11) is 0. The number of aryl methyl sites for hydroxylation is 1. The molecule has 1 saturated heterocycles. The third-order valence-corrected chi connectivity index (χ3v) is 5.14. The van der Waals surface area contributed by atoms with Gasteiger partial charge in [-0.3, -0.25) is 9.78 Å². The second kappa shape index (κ2) is 6.63. The number of piperidine rings is 1. The second-order valence-corrected chi connectivity index (χ2v) is 6.62. The van der Waals surface area contributed by atoms with E-state index in [0.717, 1.165) is 44.5 Å². The van der Waals surface area contributed by atoms with Crippen LogP contribution in [0.2, 0.25) is 0 Å². The van der Waals surface area contributed by atoms with Gasteiger partial charge >= 0.3 is 0 Å². The molecule has 0 spiro atoms. The second-order valence-electron chi connectivity index (χ2n) is 6.62. The van der Waals surface area contributed by atoms with Crippen LogP contribution in [0.3, 0.4) is 0 Å². The minimum absolute atomic E-state index is 0.0545. The highest BCUT2D eigenvalue weighted by atomic mass is 16.5. The Morgan fingerprint density at radius 1 is 1.04 bits per heavy atom. The van der Waals surface area contributed by atoms with Gasteiger partial charge in [0.05, 0.1) is 5.92 Å². The number of likely N-dealkylation sites (tertiary alicyclic amines) is 1. The molecule has 4 heteroatoms. The molecule has 24 heavy (non-hydrogen) atoms. The van der Waals surface area contributed by atoms with Gasteiger partial charge in [-0.05, 0) is 36.1 Å². The Morgan fingerprint density at radius 2 is 1.79 bits per heavy atom. The molecule has 1 aliphatic carbocycles. The molecule has 1 aliphatic heterocycles. The minimum atomic E-state index is 0.0545. The van der Waals surface area contributed by atoms with Crippen LogP contribution in [0.15, 0.2) is 48.8 Å². The summed E-state index contributed by atoms with van der Waals surface area (Å²) in [6.07, 6.45) is 7.43. The van der Waals surface area contributed by atoms with Crippen molar-refractivity contribution < 1.29 is 9.53 Å². The van der Waals surface area contributed by atoms with Crippen molar-refractivity contribution in [2.45, 2.75) is 37.7 Å². The highest BCUT2D eigenvalue weighted by Crippen LogP contribution is 2.35. The molecule has 4 nitrogen and oxygen atoms in total. The Labute approximate surface area is 142 Å². The summed E-state index contributed by atoms with van der Waals surface area (Å²) in [5.74, 6) is 1.21. The van der Waals surface area contributed by atoms with Gasteiger partial charge in [0.15, 0.2) is 0 Å². The largest absolute Gasteiger partial charge is 0.490 e. The van der Waals surface area contributed by atoms with Crippen LogP contribution in [-0.4, -0.2) is 35.0 Å². The SMILES string of the molecule is O=C([C@@H]1CCc2ccccc21)N1CCC(Oc2ccncc2)CC1. The number of nitrogens with zero attached hydrogens (tertiary/aromatic N) is 2. The number of hydrogen-bond donors (Lipinski definition) is 0.